The fraction of sp³-hybridized carbons (Fsp3) is 0.500. The number of ether oxygens (including phenoxy) is 3. The molecule has 1 saturated carbocycles. The second-order valence-electron chi connectivity index (χ2n) is 4.86. The highest BCUT2D eigenvalue weighted by atomic mass is 16.7. The third kappa shape index (κ3) is 1.82. The van der Waals surface area contributed by atoms with E-state index in [1.54, 1.807) is 13.2 Å². The van der Waals surface area contributed by atoms with Crippen LogP contribution in [-0.4, -0.2) is 20.0 Å². The first-order valence-corrected chi connectivity index (χ1v) is 6.31. The van der Waals surface area contributed by atoms with Gasteiger partial charge in [0.05, 0.1) is 6.61 Å². The number of benzene rings is 1. The number of nitrogens with zero attached hydrogens (tertiary/aromatic N) is 1. The number of isocyanates is 1. The van der Waals surface area contributed by atoms with Crippen molar-refractivity contribution in [2.75, 3.05) is 13.9 Å². The molecule has 3 rings (SSSR count). The van der Waals surface area contributed by atoms with Crippen molar-refractivity contribution < 1.29 is 19.0 Å². The zero-order valence-corrected chi connectivity index (χ0v) is 10.8. The van der Waals surface area contributed by atoms with Crippen LogP contribution in [0, 0.1) is 0 Å². The standard InChI is InChI=1S/C14H15NO4/c1-17-7-10-3-4-11(13-12(10)18-9-19-13)14(15-8-16)5-2-6-14/h3-4H,2,5-7,9H2,1H3. The van der Waals surface area contributed by atoms with Crippen molar-refractivity contribution >= 4 is 6.08 Å². The van der Waals surface area contributed by atoms with Crippen molar-refractivity contribution in [3.63, 3.8) is 0 Å². The van der Waals surface area contributed by atoms with Crippen molar-refractivity contribution in [3.8, 4) is 11.5 Å². The summed E-state index contributed by atoms with van der Waals surface area (Å²) in [4.78, 5) is 14.7. The summed E-state index contributed by atoms with van der Waals surface area (Å²) in [5.41, 5.74) is 1.41. The van der Waals surface area contributed by atoms with Gasteiger partial charge >= 0.3 is 0 Å². The Hall–Kier alpha value is -1.84. The van der Waals surface area contributed by atoms with Gasteiger partial charge in [-0.15, -0.1) is 0 Å². The molecule has 1 fully saturated rings. The quantitative estimate of drug-likeness (QED) is 0.616. The van der Waals surface area contributed by atoms with Gasteiger partial charge in [0.25, 0.3) is 0 Å². The summed E-state index contributed by atoms with van der Waals surface area (Å²) in [5.74, 6) is 1.42. The second kappa shape index (κ2) is 4.68. The normalized spacial score (nSPS) is 18.6. The van der Waals surface area contributed by atoms with Crippen molar-refractivity contribution in [3.05, 3.63) is 23.3 Å². The first-order chi connectivity index (χ1) is 9.30. The third-order valence-corrected chi connectivity index (χ3v) is 3.84. The van der Waals surface area contributed by atoms with Gasteiger partial charge in [0.2, 0.25) is 12.9 Å². The summed E-state index contributed by atoms with van der Waals surface area (Å²) >= 11 is 0. The average Bonchev–Trinajstić information content (AvgIpc) is 2.84. The average molecular weight is 261 g/mol. The molecule has 100 valence electrons. The van der Waals surface area contributed by atoms with Gasteiger partial charge in [0.15, 0.2) is 11.5 Å². The molecular weight excluding hydrogens is 246 g/mol. The number of methoxy groups -OCH3 is 1. The van der Waals surface area contributed by atoms with Crippen LogP contribution in [0.3, 0.4) is 0 Å². The Morgan fingerprint density at radius 2 is 2.16 bits per heavy atom. The zero-order valence-electron chi connectivity index (χ0n) is 10.8. The molecule has 0 radical (unpaired) electrons. The highest BCUT2D eigenvalue weighted by Gasteiger charge is 2.43. The Morgan fingerprint density at radius 3 is 2.79 bits per heavy atom. The van der Waals surface area contributed by atoms with Crippen LogP contribution in [0.1, 0.15) is 30.4 Å². The van der Waals surface area contributed by atoms with E-state index >= 15 is 0 Å². The van der Waals surface area contributed by atoms with Crippen LogP contribution < -0.4 is 9.47 Å². The lowest BCUT2D eigenvalue weighted by Gasteiger charge is -2.37. The Labute approximate surface area is 111 Å². The second-order valence-corrected chi connectivity index (χ2v) is 4.86. The summed E-state index contributed by atoms with van der Waals surface area (Å²) in [6.07, 6.45) is 4.45. The molecular formula is C14H15NO4. The van der Waals surface area contributed by atoms with Gasteiger partial charge in [-0.05, 0) is 19.3 Å². The monoisotopic (exact) mass is 261 g/mol. The topological polar surface area (TPSA) is 57.1 Å². The van der Waals surface area contributed by atoms with Gasteiger partial charge in [-0.25, -0.2) is 4.79 Å². The minimum atomic E-state index is -0.467. The molecule has 1 aromatic carbocycles. The first kappa shape index (κ1) is 12.2. The molecule has 1 aliphatic heterocycles. The molecule has 0 unspecified atom stereocenters. The van der Waals surface area contributed by atoms with Crippen LogP contribution in [0.25, 0.3) is 0 Å². The van der Waals surface area contributed by atoms with E-state index in [9.17, 15) is 4.79 Å². The molecule has 0 saturated heterocycles. The van der Waals surface area contributed by atoms with Crippen molar-refractivity contribution in [2.45, 2.75) is 31.4 Å². The van der Waals surface area contributed by atoms with Crippen LogP contribution in [0.5, 0.6) is 11.5 Å². The van der Waals surface area contributed by atoms with Crippen LogP contribution >= 0.6 is 0 Å². The van der Waals surface area contributed by atoms with E-state index in [-0.39, 0.29) is 6.79 Å². The molecule has 0 aromatic heterocycles. The van der Waals surface area contributed by atoms with E-state index in [1.807, 2.05) is 12.1 Å². The van der Waals surface area contributed by atoms with Gasteiger partial charge in [-0.2, -0.15) is 4.99 Å². The highest BCUT2D eigenvalue weighted by molar-refractivity contribution is 5.57. The summed E-state index contributed by atoms with van der Waals surface area (Å²) in [6.45, 7) is 0.667. The minimum Gasteiger partial charge on any atom is -0.453 e. The van der Waals surface area contributed by atoms with Gasteiger partial charge in [-0.1, -0.05) is 12.1 Å². The maximum Gasteiger partial charge on any atom is 0.235 e. The molecule has 1 heterocycles. The maximum absolute atomic E-state index is 10.7. The van der Waals surface area contributed by atoms with E-state index in [2.05, 4.69) is 4.99 Å². The molecule has 0 N–H and O–H groups in total. The lowest BCUT2D eigenvalue weighted by Crippen LogP contribution is -2.32. The molecule has 1 aliphatic carbocycles. The molecule has 0 spiro atoms. The first-order valence-electron chi connectivity index (χ1n) is 6.31. The molecule has 0 bridgehead atoms. The molecule has 5 nitrogen and oxygen atoms in total. The van der Waals surface area contributed by atoms with Crippen LogP contribution in [-0.2, 0) is 21.7 Å². The summed E-state index contributed by atoms with van der Waals surface area (Å²) in [5, 5.41) is 0. The fourth-order valence-electron chi connectivity index (χ4n) is 2.73. The number of rotatable bonds is 4. The van der Waals surface area contributed by atoms with Crippen molar-refractivity contribution in [1.82, 2.24) is 0 Å². The summed E-state index contributed by atoms with van der Waals surface area (Å²) in [6, 6.07) is 3.91. The van der Waals surface area contributed by atoms with E-state index in [0.717, 1.165) is 30.4 Å². The summed E-state index contributed by atoms with van der Waals surface area (Å²) in [7, 11) is 1.64. The molecule has 1 aromatic rings. The Balaban J connectivity index is 2.08. The predicted molar refractivity (Wildman–Crippen MR) is 66.9 cm³/mol. The Bertz CT molecular complexity index is 545. The van der Waals surface area contributed by atoms with E-state index < -0.39 is 5.54 Å². The molecule has 0 amide bonds. The molecule has 5 heteroatoms. The van der Waals surface area contributed by atoms with E-state index in [4.69, 9.17) is 14.2 Å². The third-order valence-electron chi connectivity index (χ3n) is 3.84. The highest BCUT2D eigenvalue weighted by Crippen LogP contribution is 2.52. The Morgan fingerprint density at radius 1 is 1.37 bits per heavy atom. The van der Waals surface area contributed by atoms with E-state index in [1.165, 1.54) is 0 Å². The van der Waals surface area contributed by atoms with Gasteiger partial charge in [-0.3, -0.25) is 0 Å². The smallest absolute Gasteiger partial charge is 0.235 e. The van der Waals surface area contributed by atoms with Crippen LogP contribution in [0.2, 0.25) is 0 Å². The SMILES string of the molecule is COCc1ccc(C2(N=C=O)CCC2)c2c1OCO2. The number of hydrogen-bond donors (Lipinski definition) is 0. The number of aliphatic imine (C=N–C) groups is 1. The molecule has 19 heavy (non-hydrogen) atoms. The van der Waals surface area contributed by atoms with Gasteiger partial charge in [0, 0.05) is 18.2 Å². The van der Waals surface area contributed by atoms with E-state index in [0.29, 0.717) is 18.1 Å². The van der Waals surface area contributed by atoms with Crippen molar-refractivity contribution in [2.24, 2.45) is 4.99 Å². The minimum absolute atomic E-state index is 0.198. The zero-order chi connectivity index (χ0) is 13.3. The summed E-state index contributed by atoms with van der Waals surface area (Å²) < 4.78 is 16.2. The number of hydrogen-bond acceptors (Lipinski definition) is 5. The predicted octanol–water partition coefficient (Wildman–Crippen LogP) is 2.28. The molecule has 0 atom stereocenters. The number of fused-ring (bicyclic) bond motifs is 1. The lowest BCUT2D eigenvalue weighted by atomic mass is 9.72. The maximum atomic E-state index is 10.7. The molecule has 2 aliphatic rings. The largest absolute Gasteiger partial charge is 0.453 e. The fourth-order valence-corrected chi connectivity index (χ4v) is 2.73. The van der Waals surface area contributed by atoms with Gasteiger partial charge < -0.3 is 14.2 Å². The van der Waals surface area contributed by atoms with Crippen LogP contribution in [0.15, 0.2) is 17.1 Å². The van der Waals surface area contributed by atoms with Crippen molar-refractivity contribution in [1.29, 1.82) is 0 Å². The Kier molecular flexibility index (Phi) is 3.01. The lowest BCUT2D eigenvalue weighted by molar-refractivity contribution is 0.160. The number of carbonyl (C=O) groups excluding carboxylic acids is 1. The van der Waals surface area contributed by atoms with Gasteiger partial charge in [0.1, 0.15) is 5.54 Å². The van der Waals surface area contributed by atoms with Crippen LogP contribution in [0.4, 0.5) is 0 Å².